The van der Waals surface area contributed by atoms with Crippen molar-refractivity contribution >= 4 is 5.91 Å². The van der Waals surface area contributed by atoms with Crippen LogP contribution in [0.2, 0.25) is 0 Å². The number of carbonyl (C=O) groups is 1. The minimum atomic E-state index is -0.809. The molecule has 2 aromatic rings. The van der Waals surface area contributed by atoms with E-state index in [0.717, 1.165) is 12.8 Å². The van der Waals surface area contributed by atoms with Gasteiger partial charge >= 0.3 is 0 Å². The van der Waals surface area contributed by atoms with Gasteiger partial charge in [0.2, 0.25) is 0 Å². The molecule has 1 heterocycles. The second-order valence-electron chi connectivity index (χ2n) is 6.32. The molecule has 0 unspecified atom stereocenters. The van der Waals surface area contributed by atoms with E-state index in [4.69, 9.17) is 14.4 Å². The molecule has 1 amide bonds. The third kappa shape index (κ3) is 4.20. The number of amides is 1. The number of rotatable bonds is 6. The second-order valence-corrected chi connectivity index (χ2v) is 6.32. The monoisotopic (exact) mass is 340 g/mol. The SMILES string of the molecule is N#Cc1cccc(OCc2ccoc2C(=O)NCC2(O)CCCC2)c1. The van der Waals surface area contributed by atoms with Gasteiger partial charge in [-0.15, -0.1) is 0 Å². The topological polar surface area (TPSA) is 95.5 Å². The molecule has 1 fully saturated rings. The van der Waals surface area contributed by atoms with Crippen molar-refractivity contribution in [1.82, 2.24) is 5.32 Å². The molecule has 6 nitrogen and oxygen atoms in total. The van der Waals surface area contributed by atoms with E-state index in [1.54, 1.807) is 30.3 Å². The van der Waals surface area contributed by atoms with Crippen LogP contribution in [0.15, 0.2) is 41.0 Å². The number of ether oxygens (including phenoxy) is 1. The lowest BCUT2D eigenvalue weighted by Gasteiger charge is -2.22. The Labute approximate surface area is 146 Å². The summed E-state index contributed by atoms with van der Waals surface area (Å²) in [4.78, 5) is 12.3. The first-order valence-corrected chi connectivity index (χ1v) is 8.30. The molecule has 3 rings (SSSR count). The van der Waals surface area contributed by atoms with Crippen LogP contribution in [-0.4, -0.2) is 23.2 Å². The van der Waals surface area contributed by atoms with Crippen LogP contribution < -0.4 is 10.1 Å². The fraction of sp³-hybridized carbons (Fsp3) is 0.368. The van der Waals surface area contributed by atoms with Crippen LogP contribution >= 0.6 is 0 Å². The molecule has 6 heteroatoms. The number of hydrogen-bond donors (Lipinski definition) is 2. The van der Waals surface area contributed by atoms with Gasteiger partial charge in [-0.25, -0.2) is 0 Å². The molecule has 1 aromatic heterocycles. The highest BCUT2D eigenvalue weighted by atomic mass is 16.5. The third-order valence-electron chi connectivity index (χ3n) is 4.42. The van der Waals surface area contributed by atoms with Crippen LogP contribution in [0.4, 0.5) is 0 Å². The Kier molecular flexibility index (Phi) is 5.05. The maximum absolute atomic E-state index is 12.3. The van der Waals surface area contributed by atoms with Gasteiger partial charge < -0.3 is 19.6 Å². The van der Waals surface area contributed by atoms with Crippen molar-refractivity contribution in [2.75, 3.05) is 6.54 Å². The number of nitriles is 1. The van der Waals surface area contributed by atoms with E-state index in [0.29, 0.717) is 29.7 Å². The van der Waals surface area contributed by atoms with Crippen molar-refractivity contribution in [3.63, 3.8) is 0 Å². The summed E-state index contributed by atoms with van der Waals surface area (Å²) < 4.78 is 10.9. The van der Waals surface area contributed by atoms with E-state index < -0.39 is 5.60 Å². The molecule has 0 atom stereocenters. The van der Waals surface area contributed by atoms with Crippen molar-refractivity contribution in [3.05, 3.63) is 53.5 Å². The van der Waals surface area contributed by atoms with Crippen LogP contribution in [0, 0.1) is 11.3 Å². The van der Waals surface area contributed by atoms with E-state index in [1.165, 1.54) is 6.26 Å². The van der Waals surface area contributed by atoms with E-state index in [-0.39, 0.29) is 24.8 Å². The number of nitrogens with one attached hydrogen (secondary N) is 1. The van der Waals surface area contributed by atoms with Crippen LogP contribution in [0.5, 0.6) is 5.75 Å². The van der Waals surface area contributed by atoms with Gasteiger partial charge in [-0.3, -0.25) is 4.79 Å². The average molecular weight is 340 g/mol. The molecular weight excluding hydrogens is 320 g/mol. The molecule has 1 saturated carbocycles. The number of hydrogen-bond acceptors (Lipinski definition) is 5. The summed E-state index contributed by atoms with van der Waals surface area (Å²) in [6.07, 6.45) is 4.80. The number of benzene rings is 1. The van der Waals surface area contributed by atoms with Crippen LogP contribution in [0.1, 0.15) is 47.4 Å². The molecule has 1 aliphatic carbocycles. The number of furan rings is 1. The first-order valence-electron chi connectivity index (χ1n) is 8.30. The van der Waals surface area contributed by atoms with Gasteiger partial charge in [-0.1, -0.05) is 18.9 Å². The second kappa shape index (κ2) is 7.41. The van der Waals surface area contributed by atoms with E-state index in [9.17, 15) is 9.90 Å². The zero-order valence-electron chi connectivity index (χ0n) is 13.8. The largest absolute Gasteiger partial charge is 0.489 e. The predicted molar refractivity (Wildman–Crippen MR) is 89.9 cm³/mol. The van der Waals surface area contributed by atoms with Gasteiger partial charge in [-0.2, -0.15) is 5.26 Å². The fourth-order valence-electron chi connectivity index (χ4n) is 3.00. The predicted octanol–water partition coefficient (Wildman–Crippen LogP) is 2.77. The van der Waals surface area contributed by atoms with Crippen LogP contribution in [0.3, 0.4) is 0 Å². The Morgan fingerprint density at radius 3 is 2.92 bits per heavy atom. The van der Waals surface area contributed by atoms with Gasteiger partial charge in [0, 0.05) is 12.1 Å². The Bertz CT molecular complexity index is 785. The van der Waals surface area contributed by atoms with Gasteiger partial charge in [0.1, 0.15) is 12.4 Å². The molecular formula is C19H20N2O4. The van der Waals surface area contributed by atoms with Gasteiger partial charge in [0.25, 0.3) is 5.91 Å². The maximum Gasteiger partial charge on any atom is 0.287 e. The zero-order valence-corrected chi connectivity index (χ0v) is 13.8. The van der Waals surface area contributed by atoms with Crippen molar-refractivity contribution in [2.45, 2.75) is 37.9 Å². The Morgan fingerprint density at radius 2 is 2.16 bits per heavy atom. The van der Waals surface area contributed by atoms with E-state index in [1.807, 2.05) is 0 Å². The van der Waals surface area contributed by atoms with Crippen LogP contribution in [-0.2, 0) is 6.61 Å². The summed E-state index contributed by atoms with van der Waals surface area (Å²) in [5.41, 5.74) is 0.308. The highest BCUT2D eigenvalue weighted by molar-refractivity contribution is 5.92. The smallest absolute Gasteiger partial charge is 0.287 e. The first-order chi connectivity index (χ1) is 12.1. The molecule has 0 aliphatic heterocycles. The minimum Gasteiger partial charge on any atom is -0.489 e. The molecule has 1 aliphatic rings. The Balaban J connectivity index is 1.60. The minimum absolute atomic E-state index is 0.151. The normalized spacial score (nSPS) is 15.5. The van der Waals surface area contributed by atoms with E-state index >= 15 is 0 Å². The summed E-state index contributed by atoms with van der Waals surface area (Å²) in [6.45, 7) is 0.370. The Hall–Kier alpha value is -2.78. The summed E-state index contributed by atoms with van der Waals surface area (Å²) in [7, 11) is 0. The molecule has 2 N–H and O–H groups in total. The summed E-state index contributed by atoms with van der Waals surface area (Å²) >= 11 is 0. The molecule has 0 spiro atoms. The quantitative estimate of drug-likeness (QED) is 0.843. The average Bonchev–Trinajstić information content (AvgIpc) is 3.27. The fourth-order valence-corrected chi connectivity index (χ4v) is 3.00. The van der Waals surface area contributed by atoms with Gasteiger partial charge in [-0.05, 0) is 37.1 Å². The molecule has 130 valence electrons. The lowest BCUT2D eigenvalue weighted by molar-refractivity contribution is 0.0443. The Morgan fingerprint density at radius 1 is 1.36 bits per heavy atom. The van der Waals surface area contributed by atoms with Crippen molar-refractivity contribution in [1.29, 1.82) is 5.26 Å². The van der Waals surface area contributed by atoms with Crippen LogP contribution in [0.25, 0.3) is 0 Å². The highest BCUT2D eigenvalue weighted by Crippen LogP contribution is 2.28. The summed E-state index contributed by atoms with van der Waals surface area (Å²) in [5.74, 6) is 0.361. The lowest BCUT2D eigenvalue weighted by atomic mass is 10.0. The zero-order chi connectivity index (χ0) is 17.7. The number of aliphatic hydroxyl groups is 1. The van der Waals surface area contributed by atoms with E-state index in [2.05, 4.69) is 11.4 Å². The lowest BCUT2D eigenvalue weighted by Crippen LogP contribution is -2.40. The molecule has 0 saturated heterocycles. The maximum atomic E-state index is 12.3. The van der Waals surface area contributed by atoms with Crippen molar-refractivity contribution in [3.8, 4) is 11.8 Å². The molecule has 25 heavy (non-hydrogen) atoms. The highest BCUT2D eigenvalue weighted by Gasteiger charge is 2.32. The number of nitrogens with zero attached hydrogens (tertiary/aromatic N) is 1. The third-order valence-corrected chi connectivity index (χ3v) is 4.42. The molecule has 0 bridgehead atoms. The standard InChI is InChI=1S/C19H20N2O4/c20-11-14-4-3-5-16(10-14)25-12-15-6-9-24-17(15)18(22)21-13-19(23)7-1-2-8-19/h3-6,9-10,23H,1-2,7-8,12-13H2,(H,21,22). The van der Waals surface area contributed by atoms with Crippen molar-refractivity contribution < 1.29 is 19.1 Å². The summed E-state index contributed by atoms with van der Waals surface area (Å²) in [5, 5.41) is 22.0. The van der Waals surface area contributed by atoms with Gasteiger partial charge in [0.05, 0.1) is 23.5 Å². The van der Waals surface area contributed by atoms with Crippen molar-refractivity contribution in [2.24, 2.45) is 0 Å². The molecule has 0 radical (unpaired) electrons. The first kappa shape index (κ1) is 17.1. The molecule has 1 aromatic carbocycles. The van der Waals surface area contributed by atoms with Gasteiger partial charge in [0.15, 0.2) is 5.76 Å². The summed E-state index contributed by atoms with van der Waals surface area (Å²) in [6, 6.07) is 10.5. The number of carbonyl (C=O) groups excluding carboxylic acids is 1.